The number of nitrogens with one attached hydrogen (secondary N) is 1. The summed E-state index contributed by atoms with van der Waals surface area (Å²) in [6.45, 7) is 8.36. The minimum absolute atomic E-state index is 0.101. The largest absolute Gasteiger partial charge is 0.494 e. The summed E-state index contributed by atoms with van der Waals surface area (Å²) in [5.41, 5.74) is 1.96. The molecule has 0 saturated carbocycles. The smallest absolute Gasteiger partial charge is 0.291 e. The van der Waals surface area contributed by atoms with Crippen LogP contribution < -0.4 is 10.1 Å². The first-order valence-electron chi connectivity index (χ1n) is 10.0. The quantitative estimate of drug-likeness (QED) is 0.794. The molecule has 7 heteroatoms. The molecule has 1 aliphatic rings. The van der Waals surface area contributed by atoms with E-state index in [1.54, 1.807) is 17.0 Å². The Bertz CT molecular complexity index is 838. The van der Waals surface area contributed by atoms with E-state index in [1.807, 2.05) is 37.5 Å². The lowest BCUT2D eigenvalue weighted by molar-refractivity contribution is 0.0766. The van der Waals surface area contributed by atoms with Crippen molar-refractivity contribution in [1.82, 2.24) is 14.5 Å². The summed E-state index contributed by atoms with van der Waals surface area (Å²) in [4.78, 5) is 32.0. The van der Waals surface area contributed by atoms with Crippen molar-refractivity contribution in [2.24, 2.45) is 0 Å². The van der Waals surface area contributed by atoms with E-state index in [2.05, 4.69) is 10.3 Å². The SMILES string of the molecule is CCOc1ccc(NC(=O)c2nc(C(=O)N(CC)CC)c3n2CCCC3)cc1. The van der Waals surface area contributed by atoms with Crippen molar-refractivity contribution < 1.29 is 14.3 Å². The van der Waals surface area contributed by atoms with Crippen LogP contribution in [-0.4, -0.2) is 46.0 Å². The molecule has 0 unspecified atom stereocenters. The number of carbonyl (C=O) groups excluding carboxylic acids is 2. The number of hydrogen-bond donors (Lipinski definition) is 1. The molecular weight excluding hydrogens is 356 g/mol. The summed E-state index contributed by atoms with van der Waals surface area (Å²) < 4.78 is 7.33. The zero-order chi connectivity index (χ0) is 20.1. The second-order valence-electron chi connectivity index (χ2n) is 6.73. The van der Waals surface area contributed by atoms with Gasteiger partial charge in [0.2, 0.25) is 0 Å². The molecule has 1 aromatic carbocycles. The van der Waals surface area contributed by atoms with Gasteiger partial charge in [-0.15, -0.1) is 0 Å². The molecule has 0 bridgehead atoms. The maximum Gasteiger partial charge on any atom is 0.291 e. The van der Waals surface area contributed by atoms with Gasteiger partial charge >= 0.3 is 0 Å². The highest BCUT2D eigenvalue weighted by Crippen LogP contribution is 2.23. The minimum atomic E-state index is -0.300. The van der Waals surface area contributed by atoms with Gasteiger partial charge in [-0.25, -0.2) is 4.98 Å². The Labute approximate surface area is 165 Å². The summed E-state index contributed by atoms with van der Waals surface area (Å²) in [5, 5.41) is 2.88. The van der Waals surface area contributed by atoms with Crippen molar-refractivity contribution in [2.75, 3.05) is 25.0 Å². The van der Waals surface area contributed by atoms with E-state index in [0.717, 1.165) is 30.7 Å². The Morgan fingerprint density at radius 2 is 1.86 bits per heavy atom. The molecule has 1 aromatic heterocycles. The second-order valence-corrected chi connectivity index (χ2v) is 6.73. The van der Waals surface area contributed by atoms with Crippen molar-refractivity contribution >= 4 is 17.5 Å². The van der Waals surface area contributed by atoms with E-state index < -0.39 is 0 Å². The summed E-state index contributed by atoms with van der Waals surface area (Å²) in [6, 6.07) is 7.22. The Morgan fingerprint density at radius 1 is 1.14 bits per heavy atom. The third-order valence-electron chi connectivity index (χ3n) is 5.00. The van der Waals surface area contributed by atoms with Gasteiger partial charge in [0.05, 0.1) is 12.3 Å². The van der Waals surface area contributed by atoms with Gasteiger partial charge in [0.15, 0.2) is 5.82 Å². The average molecular weight is 384 g/mol. The topological polar surface area (TPSA) is 76.5 Å². The lowest BCUT2D eigenvalue weighted by Gasteiger charge is -2.20. The van der Waals surface area contributed by atoms with Crippen LogP contribution in [0.15, 0.2) is 24.3 Å². The van der Waals surface area contributed by atoms with E-state index in [9.17, 15) is 9.59 Å². The molecule has 2 amide bonds. The molecule has 0 saturated heterocycles. The molecule has 1 aliphatic heterocycles. The molecule has 2 heterocycles. The molecule has 28 heavy (non-hydrogen) atoms. The molecule has 0 fully saturated rings. The number of nitrogens with zero attached hydrogens (tertiary/aromatic N) is 3. The van der Waals surface area contributed by atoms with Crippen LogP contribution in [-0.2, 0) is 13.0 Å². The predicted octanol–water partition coefficient (Wildman–Crippen LogP) is 3.35. The van der Waals surface area contributed by atoms with Crippen molar-refractivity contribution in [2.45, 2.75) is 46.6 Å². The molecule has 7 nitrogen and oxygen atoms in total. The van der Waals surface area contributed by atoms with Gasteiger partial charge in [-0.3, -0.25) is 9.59 Å². The summed E-state index contributed by atoms with van der Waals surface area (Å²) in [6.07, 6.45) is 2.75. The monoisotopic (exact) mass is 384 g/mol. The fraction of sp³-hybridized carbons (Fsp3) is 0.476. The standard InChI is InChI=1S/C21H28N4O3/c1-4-24(5-2)21(27)18-17-9-7-8-14-25(17)19(23-18)20(26)22-15-10-12-16(13-11-15)28-6-3/h10-13H,4-9,14H2,1-3H3,(H,22,26). The lowest BCUT2D eigenvalue weighted by atomic mass is 10.1. The van der Waals surface area contributed by atoms with E-state index in [4.69, 9.17) is 4.74 Å². The van der Waals surface area contributed by atoms with E-state index >= 15 is 0 Å². The van der Waals surface area contributed by atoms with Crippen LogP contribution in [0.3, 0.4) is 0 Å². The van der Waals surface area contributed by atoms with Crippen molar-refractivity contribution in [3.8, 4) is 5.75 Å². The normalized spacial score (nSPS) is 13.0. The number of rotatable bonds is 7. The van der Waals surface area contributed by atoms with Crippen LogP contribution in [0.4, 0.5) is 5.69 Å². The lowest BCUT2D eigenvalue weighted by Crippen LogP contribution is -2.31. The first-order chi connectivity index (χ1) is 13.6. The fourth-order valence-corrected chi connectivity index (χ4v) is 3.54. The highest BCUT2D eigenvalue weighted by atomic mass is 16.5. The van der Waals surface area contributed by atoms with Crippen LogP contribution in [0.25, 0.3) is 0 Å². The van der Waals surface area contributed by atoms with Gasteiger partial charge in [-0.05, 0) is 64.3 Å². The number of benzene rings is 1. The highest BCUT2D eigenvalue weighted by molar-refractivity contribution is 6.03. The molecule has 1 N–H and O–H groups in total. The average Bonchev–Trinajstić information content (AvgIpc) is 3.10. The summed E-state index contributed by atoms with van der Waals surface area (Å²) >= 11 is 0. The van der Waals surface area contributed by atoms with Crippen LogP contribution in [0.5, 0.6) is 5.75 Å². The third-order valence-corrected chi connectivity index (χ3v) is 5.00. The van der Waals surface area contributed by atoms with E-state index in [0.29, 0.717) is 43.4 Å². The van der Waals surface area contributed by atoms with Crippen LogP contribution in [0.2, 0.25) is 0 Å². The van der Waals surface area contributed by atoms with Crippen LogP contribution >= 0.6 is 0 Å². The third kappa shape index (κ3) is 4.03. The maximum atomic E-state index is 12.9. The first kappa shape index (κ1) is 19.9. The van der Waals surface area contributed by atoms with Gasteiger partial charge in [-0.2, -0.15) is 0 Å². The zero-order valence-corrected chi connectivity index (χ0v) is 16.8. The number of hydrogen-bond acceptors (Lipinski definition) is 4. The molecule has 0 atom stereocenters. The Morgan fingerprint density at radius 3 is 2.50 bits per heavy atom. The van der Waals surface area contributed by atoms with Crippen molar-refractivity contribution in [3.63, 3.8) is 0 Å². The van der Waals surface area contributed by atoms with Crippen molar-refractivity contribution in [3.05, 3.63) is 41.5 Å². The number of amides is 2. The van der Waals surface area contributed by atoms with Crippen LogP contribution in [0.1, 0.15) is 60.4 Å². The fourth-order valence-electron chi connectivity index (χ4n) is 3.54. The Balaban J connectivity index is 1.86. The zero-order valence-electron chi connectivity index (χ0n) is 16.8. The van der Waals surface area contributed by atoms with Crippen molar-refractivity contribution in [1.29, 1.82) is 0 Å². The first-order valence-corrected chi connectivity index (χ1v) is 10.0. The van der Waals surface area contributed by atoms with Gasteiger partial charge in [-0.1, -0.05) is 0 Å². The minimum Gasteiger partial charge on any atom is -0.494 e. The number of aromatic nitrogens is 2. The number of anilines is 1. The number of imidazole rings is 1. The molecule has 0 spiro atoms. The summed E-state index contributed by atoms with van der Waals surface area (Å²) in [5.74, 6) is 0.659. The summed E-state index contributed by atoms with van der Waals surface area (Å²) in [7, 11) is 0. The molecule has 0 aliphatic carbocycles. The Kier molecular flexibility index (Phi) is 6.34. The maximum absolute atomic E-state index is 12.9. The number of ether oxygens (including phenoxy) is 1. The molecule has 3 rings (SSSR count). The van der Waals surface area contributed by atoms with Gasteiger partial charge in [0.1, 0.15) is 11.4 Å². The highest BCUT2D eigenvalue weighted by Gasteiger charge is 2.29. The molecular formula is C21H28N4O3. The van der Waals surface area contributed by atoms with Crippen LogP contribution in [0, 0.1) is 0 Å². The molecule has 2 aromatic rings. The predicted molar refractivity (Wildman–Crippen MR) is 108 cm³/mol. The Hall–Kier alpha value is -2.83. The van der Waals surface area contributed by atoms with Gasteiger partial charge in [0.25, 0.3) is 11.8 Å². The number of fused-ring (bicyclic) bond motifs is 1. The molecule has 0 radical (unpaired) electrons. The number of carbonyl (C=O) groups is 2. The molecule has 150 valence electrons. The second kappa shape index (κ2) is 8.91. The van der Waals surface area contributed by atoms with E-state index in [1.165, 1.54) is 0 Å². The van der Waals surface area contributed by atoms with Gasteiger partial charge < -0.3 is 19.5 Å². The van der Waals surface area contributed by atoms with Gasteiger partial charge in [0, 0.05) is 25.3 Å². The van der Waals surface area contributed by atoms with E-state index in [-0.39, 0.29) is 11.8 Å².